The van der Waals surface area contributed by atoms with Crippen LogP contribution in [0.1, 0.15) is 10.4 Å². The van der Waals surface area contributed by atoms with Crippen molar-refractivity contribution in [3.63, 3.8) is 0 Å². The second-order valence-electron chi connectivity index (χ2n) is 3.94. The van der Waals surface area contributed by atoms with Crippen LogP contribution in [0.2, 0.25) is 5.15 Å². The summed E-state index contributed by atoms with van der Waals surface area (Å²) in [5, 5.41) is 7.21. The molecular weight excluding hydrogens is 264 g/mol. The predicted molar refractivity (Wildman–Crippen MR) is 72.4 cm³/mol. The number of hydrogen-bond acceptors (Lipinski definition) is 3. The molecule has 0 aliphatic heterocycles. The second-order valence-corrected chi connectivity index (χ2v) is 4.33. The van der Waals surface area contributed by atoms with Gasteiger partial charge in [-0.2, -0.15) is 5.10 Å². The van der Waals surface area contributed by atoms with Gasteiger partial charge in [0.25, 0.3) is 5.91 Å². The van der Waals surface area contributed by atoms with Crippen molar-refractivity contribution in [3.05, 3.63) is 59.6 Å². The van der Waals surface area contributed by atoms with Crippen LogP contribution in [0.4, 0.5) is 5.69 Å². The van der Waals surface area contributed by atoms with E-state index in [9.17, 15) is 4.79 Å². The molecule has 6 heteroatoms. The molecule has 5 nitrogen and oxygen atoms in total. The summed E-state index contributed by atoms with van der Waals surface area (Å²) in [6, 6.07) is 8.76. The Morgan fingerprint density at radius 1 is 1.21 bits per heavy atom. The largest absolute Gasteiger partial charge is 0.321 e. The molecule has 19 heavy (non-hydrogen) atoms. The van der Waals surface area contributed by atoms with E-state index < -0.39 is 0 Å². The van der Waals surface area contributed by atoms with Gasteiger partial charge in [-0.05, 0) is 30.3 Å². The van der Waals surface area contributed by atoms with E-state index >= 15 is 0 Å². The summed E-state index contributed by atoms with van der Waals surface area (Å²) in [6.45, 7) is 0. The van der Waals surface area contributed by atoms with Crippen LogP contribution >= 0.6 is 11.6 Å². The summed E-state index contributed by atoms with van der Waals surface area (Å²) in [7, 11) is 0. The molecule has 0 unspecified atom stereocenters. The van der Waals surface area contributed by atoms with E-state index in [1.165, 1.54) is 6.20 Å². The molecule has 0 saturated heterocycles. The van der Waals surface area contributed by atoms with Crippen LogP contribution in [0.3, 0.4) is 0 Å². The van der Waals surface area contributed by atoms with Gasteiger partial charge in [-0.15, -0.1) is 0 Å². The van der Waals surface area contributed by atoms with Gasteiger partial charge in [0.05, 0.1) is 23.0 Å². The van der Waals surface area contributed by atoms with Gasteiger partial charge < -0.3 is 5.32 Å². The minimum atomic E-state index is -0.221. The monoisotopic (exact) mass is 272 g/mol. The van der Waals surface area contributed by atoms with E-state index in [1.807, 2.05) is 12.1 Å². The molecule has 1 amide bonds. The van der Waals surface area contributed by atoms with Crippen LogP contribution in [-0.2, 0) is 0 Å². The first-order valence-corrected chi connectivity index (χ1v) is 5.96. The second kappa shape index (κ2) is 4.70. The molecule has 0 aliphatic rings. The molecule has 0 spiro atoms. The highest BCUT2D eigenvalue weighted by atomic mass is 35.5. The van der Waals surface area contributed by atoms with Crippen LogP contribution in [0, 0.1) is 0 Å². The zero-order valence-corrected chi connectivity index (χ0v) is 10.5. The summed E-state index contributed by atoms with van der Waals surface area (Å²) in [5.74, 6) is -0.221. The van der Waals surface area contributed by atoms with E-state index in [-0.39, 0.29) is 5.91 Å². The Morgan fingerprint density at radius 2 is 2.11 bits per heavy atom. The Hall–Kier alpha value is -2.40. The number of anilines is 1. The van der Waals surface area contributed by atoms with Crippen molar-refractivity contribution < 1.29 is 4.79 Å². The van der Waals surface area contributed by atoms with Gasteiger partial charge in [-0.3, -0.25) is 4.79 Å². The van der Waals surface area contributed by atoms with Gasteiger partial charge in [-0.1, -0.05) is 11.6 Å². The number of aromatic nitrogens is 3. The van der Waals surface area contributed by atoms with Crippen LogP contribution in [0.5, 0.6) is 0 Å². The highest BCUT2D eigenvalue weighted by molar-refractivity contribution is 6.29. The molecule has 0 radical (unpaired) electrons. The third-order valence-electron chi connectivity index (χ3n) is 2.64. The maximum Gasteiger partial charge on any atom is 0.257 e. The first-order valence-electron chi connectivity index (χ1n) is 5.59. The van der Waals surface area contributed by atoms with Crippen LogP contribution < -0.4 is 5.32 Å². The zero-order valence-electron chi connectivity index (χ0n) is 9.75. The van der Waals surface area contributed by atoms with Gasteiger partial charge >= 0.3 is 0 Å². The van der Waals surface area contributed by atoms with Crippen molar-refractivity contribution in [1.82, 2.24) is 14.6 Å². The molecule has 0 aliphatic carbocycles. The molecule has 3 aromatic rings. The normalized spacial score (nSPS) is 10.6. The van der Waals surface area contributed by atoms with E-state index in [0.29, 0.717) is 16.4 Å². The quantitative estimate of drug-likeness (QED) is 0.730. The molecule has 0 atom stereocenters. The summed E-state index contributed by atoms with van der Waals surface area (Å²) < 4.78 is 1.65. The van der Waals surface area contributed by atoms with Crippen molar-refractivity contribution in [3.8, 4) is 0 Å². The minimum Gasteiger partial charge on any atom is -0.321 e. The smallest absolute Gasteiger partial charge is 0.257 e. The SMILES string of the molecule is O=C(Nc1ccc(Cl)nc1)c1ccc2ccnn2c1. The first kappa shape index (κ1) is 11.7. The van der Waals surface area contributed by atoms with Crippen molar-refractivity contribution >= 4 is 28.7 Å². The number of fused-ring (bicyclic) bond motifs is 1. The minimum absolute atomic E-state index is 0.221. The van der Waals surface area contributed by atoms with Gasteiger partial charge in [-0.25, -0.2) is 9.50 Å². The van der Waals surface area contributed by atoms with Gasteiger partial charge in [0, 0.05) is 12.4 Å². The average molecular weight is 273 g/mol. The van der Waals surface area contributed by atoms with Crippen molar-refractivity contribution in [2.45, 2.75) is 0 Å². The van der Waals surface area contributed by atoms with Crippen molar-refractivity contribution in [2.24, 2.45) is 0 Å². The Bertz CT molecular complexity index is 736. The van der Waals surface area contributed by atoms with Gasteiger partial charge in [0.2, 0.25) is 0 Å². The van der Waals surface area contributed by atoms with Crippen LogP contribution in [0.25, 0.3) is 5.52 Å². The molecule has 1 N–H and O–H groups in total. The summed E-state index contributed by atoms with van der Waals surface area (Å²) >= 11 is 5.68. The van der Waals surface area contributed by atoms with Crippen molar-refractivity contribution in [2.75, 3.05) is 5.32 Å². The lowest BCUT2D eigenvalue weighted by Crippen LogP contribution is -2.12. The Balaban J connectivity index is 1.84. The number of halogens is 1. The van der Waals surface area contributed by atoms with E-state index in [1.54, 1.807) is 35.1 Å². The summed E-state index contributed by atoms with van der Waals surface area (Å²) in [4.78, 5) is 16.0. The lowest BCUT2D eigenvalue weighted by atomic mass is 10.2. The van der Waals surface area contributed by atoms with E-state index in [2.05, 4.69) is 15.4 Å². The maximum absolute atomic E-state index is 12.1. The number of carbonyl (C=O) groups is 1. The average Bonchev–Trinajstić information content (AvgIpc) is 2.88. The molecule has 0 aromatic carbocycles. The van der Waals surface area contributed by atoms with Crippen molar-refractivity contribution in [1.29, 1.82) is 0 Å². The maximum atomic E-state index is 12.1. The van der Waals surface area contributed by atoms with Crippen LogP contribution in [0.15, 0.2) is 48.9 Å². The lowest BCUT2D eigenvalue weighted by molar-refractivity contribution is 0.102. The fraction of sp³-hybridized carbons (Fsp3) is 0. The summed E-state index contributed by atoms with van der Waals surface area (Å²) in [6.07, 6.45) is 4.86. The molecule has 0 fully saturated rings. The van der Waals surface area contributed by atoms with E-state index in [4.69, 9.17) is 11.6 Å². The fourth-order valence-corrected chi connectivity index (χ4v) is 1.81. The first-order chi connectivity index (χ1) is 9.22. The van der Waals surface area contributed by atoms with E-state index in [0.717, 1.165) is 5.52 Å². The number of hydrogen-bond donors (Lipinski definition) is 1. The number of pyridine rings is 2. The molecule has 3 rings (SSSR count). The Kier molecular flexibility index (Phi) is 2.89. The summed E-state index contributed by atoms with van der Waals surface area (Å²) in [5.41, 5.74) is 2.05. The number of carbonyl (C=O) groups excluding carboxylic acids is 1. The number of nitrogens with one attached hydrogen (secondary N) is 1. The highest BCUT2D eigenvalue weighted by Gasteiger charge is 2.07. The molecule has 0 bridgehead atoms. The zero-order chi connectivity index (χ0) is 13.2. The Labute approximate surface area is 113 Å². The molecular formula is C13H9ClN4O. The number of rotatable bonds is 2. The molecule has 94 valence electrons. The number of amides is 1. The molecule has 0 saturated carbocycles. The lowest BCUT2D eigenvalue weighted by Gasteiger charge is -2.05. The third kappa shape index (κ3) is 2.41. The fourth-order valence-electron chi connectivity index (χ4n) is 1.70. The third-order valence-corrected chi connectivity index (χ3v) is 2.87. The highest BCUT2D eigenvalue weighted by Crippen LogP contribution is 2.12. The predicted octanol–water partition coefficient (Wildman–Crippen LogP) is 2.63. The number of nitrogens with zero attached hydrogens (tertiary/aromatic N) is 3. The topological polar surface area (TPSA) is 59.3 Å². The molecule has 3 aromatic heterocycles. The van der Waals surface area contributed by atoms with Gasteiger partial charge in [0.1, 0.15) is 5.15 Å². The molecule has 3 heterocycles. The Morgan fingerprint density at radius 3 is 2.89 bits per heavy atom. The van der Waals surface area contributed by atoms with Crippen LogP contribution in [-0.4, -0.2) is 20.5 Å². The standard InChI is InChI=1S/C13H9ClN4O/c14-12-4-2-10(7-15-12)17-13(19)9-1-3-11-5-6-16-18(11)8-9/h1-8H,(H,17,19). The van der Waals surface area contributed by atoms with Gasteiger partial charge in [0.15, 0.2) is 0 Å².